The Bertz CT molecular complexity index is 555. The summed E-state index contributed by atoms with van der Waals surface area (Å²) >= 11 is 3.36. The summed E-state index contributed by atoms with van der Waals surface area (Å²) in [5.74, 6) is 0.877. The standard InChI is InChI=1S/C14H13BrN2O/c1-9-3-4-10(2)17-14(9)16-8-11-7-12(15)5-6-13(11)18/h3-8,18H,1-2H3/b16-8+. The summed E-state index contributed by atoms with van der Waals surface area (Å²) in [6, 6.07) is 9.15. The molecule has 18 heavy (non-hydrogen) atoms. The number of aliphatic imine (C=N–C) groups is 1. The fraction of sp³-hybridized carbons (Fsp3) is 0.143. The van der Waals surface area contributed by atoms with Crippen LogP contribution < -0.4 is 0 Å². The molecule has 0 saturated heterocycles. The molecule has 0 aliphatic rings. The molecule has 0 atom stereocenters. The van der Waals surface area contributed by atoms with E-state index in [1.165, 1.54) is 0 Å². The van der Waals surface area contributed by atoms with E-state index in [0.29, 0.717) is 11.4 Å². The zero-order chi connectivity index (χ0) is 13.1. The van der Waals surface area contributed by atoms with Crippen molar-refractivity contribution in [2.24, 2.45) is 4.99 Å². The van der Waals surface area contributed by atoms with Crippen molar-refractivity contribution in [3.63, 3.8) is 0 Å². The number of phenolic OH excluding ortho intramolecular Hbond substituents is 1. The number of hydrogen-bond acceptors (Lipinski definition) is 3. The molecule has 92 valence electrons. The first-order valence-electron chi connectivity index (χ1n) is 5.53. The van der Waals surface area contributed by atoms with Crippen LogP contribution in [0.1, 0.15) is 16.8 Å². The molecule has 0 saturated carbocycles. The maximum atomic E-state index is 9.70. The molecule has 0 aliphatic carbocycles. The van der Waals surface area contributed by atoms with Crippen LogP contribution in [-0.4, -0.2) is 16.3 Å². The van der Waals surface area contributed by atoms with Gasteiger partial charge >= 0.3 is 0 Å². The Labute approximate surface area is 114 Å². The highest BCUT2D eigenvalue weighted by Gasteiger charge is 2.01. The van der Waals surface area contributed by atoms with Gasteiger partial charge in [-0.1, -0.05) is 22.0 Å². The largest absolute Gasteiger partial charge is 0.507 e. The van der Waals surface area contributed by atoms with Crippen molar-refractivity contribution in [1.29, 1.82) is 0 Å². The van der Waals surface area contributed by atoms with Gasteiger partial charge in [0.15, 0.2) is 5.82 Å². The summed E-state index contributed by atoms with van der Waals surface area (Å²) in [4.78, 5) is 8.67. The van der Waals surface area contributed by atoms with Gasteiger partial charge in [0.25, 0.3) is 0 Å². The van der Waals surface area contributed by atoms with Crippen LogP contribution in [0.3, 0.4) is 0 Å². The van der Waals surface area contributed by atoms with Crippen LogP contribution in [-0.2, 0) is 0 Å². The second kappa shape index (κ2) is 5.31. The molecule has 0 fully saturated rings. The predicted molar refractivity (Wildman–Crippen MR) is 76.8 cm³/mol. The first-order chi connectivity index (χ1) is 8.56. The number of hydrogen-bond donors (Lipinski definition) is 1. The quantitative estimate of drug-likeness (QED) is 0.855. The highest BCUT2D eigenvalue weighted by molar-refractivity contribution is 9.10. The highest BCUT2D eigenvalue weighted by atomic mass is 79.9. The van der Waals surface area contributed by atoms with Gasteiger partial charge in [-0.15, -0.1) is 0 Å². The normalized spacial score (nSPS) is 11.1. The molecule has 1 N–H and O–H groups in total. The van der Waals surface area contributed by atoms with Crippen LogP contribution in [0.2, 0.25) is 0 Å². The Morgan fingerprint density at radius 2 is 2.00 bits per heavy atom. The van der Waals surface area contributed by atoms with Gasteiger partial charge in [0, 0.05) is 21.9 Å². The zero-order valence-electron chi connectivity index (χ0n) is 10.2. The van der Waals surface area contributed by atoms with Crippen molar-refractivity contribution in [3.05, 3.63) is 51.6 Å². The number of aromatic nitrogens is 1. The van der Waals surface area contributed by atoms with E-state index in [1.54, 1.807) is 18.3 Å². The minimum Gasteiger partial charge on any atom is -0.507 e. The zero-order valence-corrected chi connectivity index (χ0v) is 11.8. The third kappa shape index (κ3) is 2.96. The number of pyridine rings is 1. The van der Waals surface area contributed by atoms with Crippen LogP contribution in [0.15, 0.2) is 39.8 Å². The Morgan fingerprint density at radius 1 is 1.22 bits per heavy atom. The summed E-state index contributed by atoms with van der Waals surface area (Å²) in [6.45, 7) is 3.88. The molecule has 3 nitrogen and oxygen atoms in total. The molecule has 0 amide bonds. The first kappa shape index (κ1) is 12.8. The molecule has 0 radical (unpaired) electrons. The number of benzene rings is 1. The van der Waals surface area contributed by atoms with Crippen molar-refractivity contribution in [1.82, 2.24) is 4.98 Å². The second-order valence-electron chi connectivity index (χ2n) is 4.05. The third-order valence-corrected chi connectivity index (χ3v) is 3.02. The van der Waals surface area contributed by atoms with E-state index in [2.05, 4.69) is 25.9 Å². The molecule has 1 aromatic carbocycles. The molecule has 0 unspecified atom stereocenters. The fourth-order valence-electron chi connectivity index (χ4n) is 1.50. The first-order valence-corrected chi connectivity index (χ1v) is 6.32. The average Bonchev–Trinajstić information content (AvgIpc) is 2.34. The summed E-state index contributed by atoms with van der Waals surface area (Å²) < 4.78 is 0.899. The number of aromatic hydroxyl groups is 1. The van der Waals surface area contributed by atoms with Crippen LogP contribution >= 0.6 is 15.9 Å². The maximum Gasteiger partial charge on any atom is 0.154 e. The lowest BCUT2D eigenvalue weighted by molar-refractivity contribution is 0.474. The Hall–Kier alpha value is -1.68. The van der Waals surface area contributed by atoms with Gasteiger partial charge in [-0.25, -0.2) is 9.98 Å². The molecule has 1 aromatic heterocycles. The molecular weight excluding hydrogens is 292 g/mol. The van der Waals surface area contributed by atoms with Gasteiger partial charge in [0.2, 0.25) is 0 Å². The Balaban J connectivity index is 2.35. The number of aryl methyl sites for hydroxylation is 2. The average molecular weight is 305 g/mol. The predicted octanol–water partition coefficient (Wildman–Crippen LogP) is 3.92. The van der Waals surface area contributed by atoms with Gasteiger partial charge in [-0.05, 0) is 43.7 Å². The third-order valence-electron chi connectivity index (χ3n) is 2.52. The van der Waals surface area contributed by atoms with E-state index >= 15 is 0 Å². The van der Waals surface area contributed by atoms with Gasteiger partial charge in [0.1, 0.15) is 5.75 Å². The van der Waals surface area contributed by atoms with Crippen LogP contribution in [0.5, 0.6) is 5.75 Å². The van der Waals surface area contributed by atoms with Crippen LogP contribution in [0.4, 0.5) is 5.82 Å². The lowest BCUT2D eigenvalue weighted by Gasteiger charge is -2.01. The molecular formula is C14H13BrN2O. The highest BCUT2D eigenvalue weighted by Crippen LogP contribution is 2.21. The molecule has 0 bridgehead atoms. The summed E-state index contributed by atoms with van der Waals surface area (Å²) in [5.41, 5.74) is 2.59. The monoisotopic (exact) mass is 304 g/mol. The minimum absolute atomic E-state index is 0.201. The van der Waals surface area contributed by atoms with E-state index in [0.717, 1.165) is 15.7 Å². The molecule has 1 heterocycles. The van der Waals surface area contributed by atoms with Gasteiger partial charge in [-0.3, -0.25) is 0 Å². The SMILES string of the molecule is Cc1ccc(C)c(/N=C/c2cc(Br)ccc2O)n1. The van der Waals surface area contributed by atoms with Crippen molar-refractivity contribution >= 4 is 28.0 Å². The number of halogens is 1. The lowest BCUT2D eigenvalue weighted by atomic mass is 10.2. The van der Waals surface area contributed by atoms with E-state index in [1.807, 2.05) is 32.0 Å². The van der Waals surface area contributed by atoms with Crippen molar-refractivity contribution in [3.8, 4) is 5.75 Å². The molecule has 4 heteroatoms. The van der Waals surface area contributed by atoms with E-state index < -0.39 is 0 Å². The van der Waals surface area contributed by atoms with Crippen LogP contribution in [0, 0.1) is 13.8 Å². The lowest BCUT2D eigenvalue weighted by Crippen LogP contribution is -1.87. The smallest absolute Gasteiger partial charge is 0.154 e. The molecule has 0 aliphatic heterocycles. The van der Waals surface area contributed by atoms with Crippen LogP contribution in [0.25, 0.3) is 0 Å². The van der Waals surface area contributed by atoms with Crippen molar-refractivity contribution in [2.75, 3.05) is 0 Å². The Morgan fingerprint density at radius 3 is 2.78 bits per heavy atom. The Kier molecular flexibility index (Phi) is 3.77. The van der Waals surface area contributed by atoms with E-state index in [-0.39, 0.29) is 5.75 Å². The molecule has 2 aromatic rings. The van der Waals surface area contributed by atoms with Gasteiger partial charge in [-0.2, -0.15) is 0 Å². The number of rotatable bonds is 2. The summed E-state index contributed by atoms with van der Waals surface area (Å²) in [7, 11) is 0. The second-order valence-corrected chi connectivity index (χ2v) is 4.97. The molecule has 2 rings (SSSR count). The van der Waals surface area contributed by atoms with Crippen molar-refractivity contribution < 1.29 is 5.11 Å². The maximum absolute atomic E-state index is 9.70. The van der Waals surface area contributed by atoms with E-state index in [4.69, 9.17) is 0 Å². The number of phenols is 1. The minimum atomic E-state index is 0.201. The summed E-state index contributed by atoms with van der Waals surface area (Å²) in [5, 5.41) is 9.70. The summed E-state index contributed by atoms with van der Waals surface area (Å²) in [6.07, 6.45) is 1.62. The van der Waals surface area contributed by atoms with Gasteiger partial charge < -0.3 is 5.11 Å². The fourth-order valence-corrected chi connectivity index (χ4v) is 1.88. The topological polar surface area (TPSA) is 45.5 Å². The van der Waals surface area contributed by atoms with Gasteiger partial charge in [0.05, 0.1) is 0 Å². The molecule has 0 spiro atoms. The number of nitrogens with zero attached hydrogens (tertiary/aromatic N) is 2. The van der Waals surface area contributed by atoms with E-state index in [9.17, 15) is 5.11 Å². The van der Waals surface area contributed by atoms with Crippen molar-refractivity contribution in [2.45, 2.75) is 13.8 Å².